The third kappa shape index (κ3) is 4.98. The summed E-state index contributed by atoms with van der Waals surface area (Å²) in [4.78, 5) is 20.1. The summed E-state index contributed by atoms with van der Waals surface area (Å²) < 4.78 is 10.5. The molecule has 0 unspecified atom stereocenters. The molecule has 0 aliphatic carbocycles. The Morgan fingerprint density at radius 3 is 2.07 bits per heavy atom. The van der Waals surface area contributed by atoms with Gasteiger partial charge in [0.1, 0.15) is 16.5 Å². The van der Waals surface area contributed by atoms with Crippen LogP contribution in [-0.2, 0) is 11.2 Å². The predicted molar refractivity (Wildman–Crippen MR) is 119 cm³/mol. The number of benzene rings is 2. The lowest BCUT2D eigenvalue weighted by atomic mass is 10.1. The van der Waals surface area contributed by atoms with Crippen molar-refractivity contribution >= 4 is 17.2 Å². The van der Waals surface area contributed by atoms with Crippen LogP contribution in [0.4, 0.5) is 0 Å². The van der Waals surface area contributed by atoms with Crippen molar-refractivity contribution in [3.63, 3.8) is 0 Å². The lowest BCUT2D eigenvalue weighted by Crippen LogP contribution is -2.34. The number of likely N-dealkylation sites (N-methyl/N-ethyl adjacent to an activating group) is 1. The number of aliphatic hydroxyl groups is 1. The molecule has 3 aromatic rings. The van der Waals surface area contributed by atoms with E-state index in [4.69, 9.17) is 14.5 Å². The zero-order chi connectivity index (χ0) is 21.5. The summed E-state index contributed by atoms with van der Waals surface area (Å²) in [7, 11) is 3.27. The highest BCUT2D eigenvalue weighted by Crippen LogP contribution is 2.38. The van der Waals surface area contributed by atoms with E-state index in [1.165, 1.54) is 11.3 Å². The van der Waals surface area contributed by atoms with Crippen LogP contribution in [0.2, 0.25) is 0 Å². The summed E-state index contributed by atoms with van der Waals surface area (Å²) in [5.74, 6) is 1.52. The van der Waals surface area contributed by atoms with E-state index >= 15 is 0 Å². The number of ether oxygens (including phenoxy) is 2. The number of aliphatic hydroxyl groups excluding tert-OH is 1. The summed E-state index contributed by atoms with van der Waals surface area (Å²) >= 11 is 1.51. The Kier molecular flexibility index (Phi) is 7.43. The maximum atomic E-state index is 12.6. The van der Waals surface area contributed by atoms with Crippen molar-refractivity contribution in [3.05, 3.63) is 53.5 Å². The summed E-state index contributed by atoms with van der Waals surface area (Å²) in [6.07, 6.45) is 0.206. The van der Waals surface area contributed by atoms with Crippen LogP contribution >= 0.6 is 11.3 Å². The number of rotatable bonds is 9. The van der Waals surface area contributed by atoms with Crippen molar-refractivity contribution in [1.29, 1.82) is 0 Å². The van der Waals surface area contributed by atoms with E-state index in [1.807, 2.05) is 55.5 Å². The lowest BCUT2D eigenvalue weighted by Gasteiger charge is -2.18. The molecule has 1 heterocycles. The summed E-state index contributed by atoms with van der Waals surface area (Å²) in [6.45, 7) is 2.74. The number of amides is 1. The van der Waals surface area contributed by atoms with Crippen LogP contribution in [-0.4, -0.2) is 54.8 Å². The molecule has 1 aromatic heterocycles. The van der Waals surface area contributed by atoms with Gasteiger partial charge in [0, 0.05) is 18.7 Å². The number of carbonyl (C=O) groups excluding carboxylic acids is 1. The highest BCUT2D eigenvalue weighted by molar-refractivity contribution is 7.15. The molecule has 1 N–H and O–H groups in total. The van der Waals surface area contributed by atoms with Crippen LogP contribution in [0, 0.1) is 0 Å². The minimum absolute atomic E-state index is 0.0390. The largest absolute Gasteiger partial charge is 0.497 e. The normalized spacial score (nSPS) is 10.7. The molecular weight excluding hydrogens is 400 g/mol. The van der Waals surface area contributed by atoms with Gasteiger partial charge in [0.15, 0.2) is 0 Å². The van der Waals surface area contributed by atoms with Gasteiger partial charge in [-0.25, -0.2) is 4.98 Å². The van der Waals surface area contributed by atoms with Crippen LogP contribution < -0.4 is 9.47 Å². The maximum Gasteiger partial charge on any atom is 0.229 e. The van der Waals surface area contributed by atoms with Crippen LogP contribution in [0.3, 0.4) is 0 Å². The molecule has 0 saturated heterocycles. The molecular formula is C23H26N2O4S. The molecule has 3 rings (SSSR count). The minimum atomic E-state index is -0.0500. The topological polar surface area (TPSA) is 71.9 Å². The van der Waals surface area contributed by atoms with Crippen molar-refractivity contribution in [2.75, 3.05) is 33.9 Å². The van der Waals surface area contributed by atoms with Gasteiger partial charge < -0.3 is 19.5 Å². The smallest absolute Gasteiger partial charge is 0.229 e. The molecule has 0 aliphatic rings. The molecule has 0 saturated carbocycles. The Bertz CT molecular complexity index is 903. The molecule has 7 heteroatoms. The third-order valence-corrected chi connectivity index (χ3v) is 5.90. The van der Waals surface area contributed by atoms with E-state index in [0.29, 0.717) is 13.1 Å². The summed E-state index contributed by atoms with van der Waals surface area (Å²) in [5, 5.41) is 9.93. The van der Waals surface area contributed by atoms with Gasteiger partial charge in [-0.2, -0.15) is 0 Å². The molecule has 0 aliphatic heterocycles. The number of thiazole rings is 1. The van der Waals surface area contributed by atoms with Crippen molar-refractivity contribution in [3.8, 4) is 33.2 Å². The SMILES string of the molecule is CCN(CCO)C(=O)Cc1nc(-c2ccc(OC)cc2)c(-c2ccc(OC)cc2)s1. The number of methoxy groups -OCH3 is 2. The molecule has 0 radical (unpaired) electrons. The fraction of sp³-hybridized carbons (Fsp3) is 0.304. The Morgan fingerprint density at radius 1 is 1.00 bits per heavy atom. The van der Waals surface area contributed by atoms with Crippen molar-refractivity contribution in [2.45, 2.75) is 13.3 Å². The van der Waals surface area contributed by atoms with Crippen LogP contribution in [0.15, 0.2) is 48.5 Å². The fourth-order valence-electron chi connectivity index (χ4n) is 3.14. The van der Waals surface area contributed by atoms with Gasteiger partial charge >= 0.3 is 0 Å². The molecule has 6 nitrogen and oxygen atoms in total. The number of nitrogens with zero attached hydrogens (tertiary/aromatic N) is 2. The van der Waals surface area contributed by atoms with Crippen LogP contribution in [0.1, 0.15) is 11.9 Å². The monoisotopic (exact) mass is 426 g/mol. The Morgan fingerprint density at radius 2 is 1.57 bits per heavy atom. The van der Waals surface area contributed by atoms with E-state index in [2.05, 4.69) is 0 Å². The van der Waals surface area contributed by atoms with E-state index in [0.717, 1.165) is 38.2 Å². The van der Waals surface area contributed by atoms with E-state index < -0.39 is 0 Å². The van der Waals surface area contributed by atoms with Crippen LogP contribution in [0.5, 0.6) is 11.5 Å². The van der Waals surface area contributed by atoms with Gasteiger partial charge in [0.05, 0.1) is 37.8 Å². The van der Waals surface area contributed by atoms with Gasteiger partial charge in [-0.15, -0.1) is 11.3 Å². The van der Waals surface area contributed by atoms with Crippen molar-refractivity contribution in [2.24, 2.45) is 0 Å². The first kappa shape index (κ1) is 21.8. The first-order valence-electron chi connectivity index (χ1n) is 9.76. The molecule has 0 bridgehead atoms. The van der Waals surface area contributed by atoms with Gasteiger partial charge in [0.25, 0.3) is 0 Å². The van der Waals surface area contributed by atoms with E-state index in [1.54, 1.807) is 19.1 Å². The fourth-order valence-corrected chi connectivity index (χ4v) is 4.23. The Labute approximate surface area is 180 Å². The summed E-state index contributed by atoms with van der Waals surface area (Å²) in [6, 6.07) is 15.6. The van der Waals surface area contributed by atoms with Gasteiger partial charge in [-0.1, -0.05) is 0 Å². The zero-order valence-corrected chi connectivity index (χ0v) is 18.2. The quantitative estimate of drug-likeness (QED) is 0.562. The highest BCUT2D eigenvalue weighted by atomic mass is 32.1. The zero-order valence-electron chi connectivity index (χ0n) is 17.4. The molecule has 158 valence electrons. The third-order valence-electron chi connectivity index (χ3n) is 4.79. The second-order valence-electron chi connectivity index (χ2n) is 6.62. The Hall–Kier alpha value is -2.90. The number of aromatic nitrogens is 1. The number of hydrogen-bond donors (Lipinski definition) is 1. The second kappa shape index (κ2) is 10.2. The first-order valence-corrected chi connectivity index (χ1v) is 10.6. The maximum absolute atomic E-state index is 12.6. The van der Waals surface area contributed by atoms with Crippen LogP contribution in [0.25, 0.3) is 21.7 Å². The van der Waals surface area contributed by atoms with Gasteiger partial charge in [-0.05, 0) is 61.0 Å². The van der Waals surface area contributed by atoms with Crippen molar-refractivity contribution < 1.29 is 19.4 Å². The molecule has 0 spiro atoms. The average Bonchev–Trinajstić information content (AvgIpc) is 3.21. The minimum Gasteiger partial charge on any atom is -0.497 e. The van der Waals surface area contributed by atoms with E-state index in [-0.39, 0.29) is 18.9 Å². The first-order chi connectivity index (χ1) is 14.6. The predicted octanol–water partition coefficient (Wildman–Crippen LogP) is 3.88. The van der Waals surface area contributed by atoms with Crippen molar-refractivity contribution in [1.82, 2.24) is 9.88 Å². The lowest BCUT2D eigenvalue weighted by molar-refractivity contribution is -0.130. The second-order valence-corrected chi connectivity index (χ2v) is 7.70. The molecule has 0 atom stereocenters. The summed E-state index contributed by atoms with van der Waals surface area (Å²) in [5.41, 5.74) is 2.81. The highest BCUT2D eigenvalue weighted by Gasteiger charge is 2.19. The number of hydrogen-bond acceptors (Lipinski definition) is 6. The standard InChI is InChI=1S/C23H26N2O4S/c1-4-25(13-14-26)21(27)15-20-24-22(16-5-9-18(28-2)10-6-16)23(30-20)17-7-11-19(29-3)12-8-17/h5-12,26H,4,13-15H2,1-3H3. The average molecular weight is 427 g/mol. The molecule has 2 aromatic carbocycles. The van der Waals surface area contributed by atoms with Gasteiger partial charge in [0.2, 0.25) is 5.91 Å². The van der Waals surface area contributed by atoms with E-state index in [9.17, 15) is 9.90 Å². The van der Waals surface area contributed by atoms with Gasteiger partial charge in [-0.3, -0.25) is 4.79 Å². The molecule has 30 heavy (non-hydrogen) atoms. The number of carbonyl (C=O) groups is 1. The molecule has 1 amide bonds. The molecule has 0 fully saturated rings. The Balaban J connectivity index is 1.98.